The summed E-state index contributed by atoms with van der Waals surface area (Å²) in [7, 11) is 0. The van der Waals surface area contributed by atoms with Crippen LogP contribution >= 0.6 is 0 Å². The highest BCUT2D eigenvalue weighted by atomic mass is 16.1. The zero-order chi connectivity index (χ0) is 9.26. The van der Waals surface area contributed by atoms with E-state index in [0.717, 1.165) is 16.8 Å². The number of para-hydroxylation sites is 1. The first kappa shape index (κ1) is 8.05. The standard InChI is InChI=1S/C11H11NO/c1-8-6-11(13)9-4-2-3-5-10(9)12-7-8/h2-5,7,12H,6H2,1H3. The molecule has 66 valence electrons. The molecule has 1 aliphatic heterocycles. The number of allylic oxidation sites excluding steroid dienone is 1. The molecule has 1 heterocycles. The third-order valence-electron chi connectivity index (χ3n) is 2.14. The Balaban J connectivity index is 2.49. The summed E-state index contributed by atoms with van der Waals surface area (Å²) in [6, 6.07) is 7.59. The second-order valence-electron chi connectivity index (χ2n) is 3.28. The number of benzene rings is 1. The molecule has 0 amide bonds. The van der Waals surface area contributed by atoms with Crippen LogP contribution in [-0.2, 0) is 0 Å². The van der Waals surface area contributed by atoms with Crippen molar-refractivity contribution >= 4 is 11.5 Å². The molecule has 2 heteroatoms. The molecule has 0 bridgehead atoms. The monoisotopic (exact) mass is 173 g/mol. The first-order chi connectivity index (χ1) is 6.27. The van der Waals surface area contributed by atoms with Crippen molar-refractivity contribution in [3.63, 3.8) is 0 Å². The second kappa shape index (κ2) is 3.05. The predicted molar refractivity (Wildman–Crippen MR) is 52.8 cm³/mol. The number of carbonyl (C=O) groups excluding carboxylic acids is 1. The van der Waals surface area contributed by atoms with Crippen molar-refractivity contribution in [1.82, 2.24) is 0 Å². The molecule has 0 saturated carbocycles. The lowest BCUT2D eigenvalue weighted by Crippen LogP contribution is -1.99. The Hall–Kier alpha value is -1.57. The van der Waals surface area contributed by atoms with Gasteiger partial charge >= 0.3 is 0 Å². The lowest BCUT2D eigenvalue weighted by molar-refractivity contribution is 0.0994. The number of carbonyl (C=O) groups is 1. The number of rotatable bonds is 0. The summed E-state index contributed by atoms with van der Waals surface area (Å²) in [5, 5.41) is 3.12. The van der Waals surface area contributed by atoms with E-state index in [1.54, 1.807) is 0 Å². The number of Topliss-reactive ketones (excluding diaryl/α,β-unsaturated/α-hetero) is 1. The zero-order valence-electron chi connectivity index (χ0n) is 7.50. The average molecular weight is 173 g/mol. The number of hydrogen-bond acceptors (Lipinski definition) is 2. The molecular formula is C11H11NO. The summed E-state index contributed by atoms with van der Waals surface area (Å²) >= 11 is 0. The van der Waals surface area contributed by atoms with Gasteiger partial charge in [-0.25, -0.2) is 0 Å². The number of fused-ring (bicyclic) bond motifs is 1. The Bertz CT molecular complexity index is 379. The fourth-order valence-electron chi connectivity index (χ4n) is 1.45. The molecule has 2 nitrogen and oxygen atoms in total. The molecule has 0 radical (unpaired) electrons. The van der Waals surface area contributed by atoms with Gasteiger partial charge in [-0.1, -0.05) is 12.1 Å². The Labute approximate surface area is 77.3 Å². The van der Waals surface area contributed by atoms with Crippen molar-refractivity contribution in [3.05, 3.63) is 41.6 Å². The SMILES string of the molecule is CC1=CNc2ccccc2C(=O)C1. The van der Waals surface area contributed by atoms with Crippen molar-refractivity contribution in [3.8, 4) is 0 Å². The fraction of sp³-hybridized carbons (Fsp3) is 0.182. The van der Waals surface area contributed by atoms with E-state index in [4.69, 9.17) is 0 Å². The summed E-state index contributed by atoms with van der Waals surface area (Å²) in [5.41, 5.74) is 2.76. The highest BCUT2D eigenvalue weighted by molar-refractivity contribution is 6.03. The van der Waals surface area contributed by atoms with Crippen LogP contribution in [-0.4, -0.2) is 5.78 Å². The van der Waals surface area contributed by atoms with Crippen LogP contribution < -0.4 is 5.32 Å². The predicted octanol–water partition coefficient (Wildman–Crippen LogP) is 2.59. The minimum atomic E-state index is 0.189. The maximum atomic E-state index is 11.6. The highest BCUT2D eigenvalue weighted by Gasteiger charge is 2.13. The van der Waals surface area contributed by atoms with E-state index < -0.39 is 0 Å². The molecular weight excluding hydrogens is 162 g/mol. The molecule has 0 aliphatic carbocycles. The minimum Gasteiger partial charge on any atom is -0.361 e. The molecule has 2 rings (SSSR count). The summed E-state index contributed by atoms with van der Waals surface area (Å²) in [6.07, 6.45) is 2.41. The van der Waals surface area contributed by atoms with E-state index in [2.05, 4.69) is 5.32 Å². The van der Waals surface area contributed by atoms with Crippen molar-refractivity contribution in [2.45, 2.75) is 13.3 Å². The molecule has 1 aromatic rings. The van der Waals surface area contributed by atoms with Crippen LogP contribution in [0.25, 0.3) is 0 Å². The Morgan fingerprint density at radius 1 is 1.31 bits per heavy atom. The molecule has 0 spiro atoms. The first-order valence-corrected chi connectivity index (χ1v) is 4.32. The Morgan fingerprint density at radius 3 is 2.92 bits per heavy atom. The van der Waals surface area contributed by atoms with Gasteiger partial charge < -0.3 is 5.32 Å². The van der Waals surface area contributed by atoms with Crippen LogP contribution in [0.15, 0.2) is 36.0 Å². The van der Waals surface area contributed by atoms with Crippen LogP contribution in [0.1, 0.15) is 23.7 Å². The summed E-state index contributed by atoms with van der Waals surface area (Å²) < 4.78 is 0. The molecule has 0 atom stereocenters. The van der Waals surface area contributed by atoms with Crippen molar-refractivity contribution in [2.75, 3.05) is 5.32 Å². The van der Waals surface area contributed by atoms with Gasteiger partial charge in [0.05, 0.1) is 0 Å². The van der Waals surface area contributed by atoms with Gasteiger partial charge in [-0.3, -0.25) is 4.79 Å². The molecule has 1 aliphatic rings. The van der Waals surface area contributed by atoms with Crippen LogP contribution in [0.4, 0.5) is 5.69 Å². The van der Waals surface area contributed by atoms with Gasteiger partial charge in [-0.15, -0.1) is 0 Å². The van der Waals surface area contributed by atoms with Gasteiger partial charge in [0.15, 0.2) is 5.78 Å². The van der Waals surface area contributed by atoms with Crippen molar-refractivity contribution in [2.24, 2.45) is 0 Å². The van der Waals surface area contributed by atoms with Gasteiger partial charge in [0.2, 0.25) is 0 Å². The number of ketones is 1. The first-order valence-electron chi connectivity index (χ1n) is 4.32. The van der Waals surface area contributed by atoms with Gasteiger partial charge in [0.25, 0.3) is 0 Å². The van der Waals surface area contributed by atoms with Crippen LogP contribution in [0, 0.1) is 0 Å². The van der Waals surface area contributed by atoms with E-state index in [1.807, 2.05) is 37.4 Å². The largest absolute Gasteiger partial charge is 0.361 e. The molecule has 1 aromatic carbocycles. The van der Waals surface area contributed by atoms with E-state index in [-0.39, 0.29) is 5.78 Å². The van der Waals surface area contributed by atoms with Crippen LogP contribution in [0.5, 0.6) is 0 Å². The third-order valence-corrected chi connectivity index (χ3v) is 2.14. The van der Waals surface area contributed by atoms with E-state index in [9.17, 15) is 4.79 Å². The van der Waals surface area contributed by atoms with E-state index in [1.165, 1.54) is 0 Å². The smallest absolute Gasteiger partial charge is 0.169 e. The lowest BCUT2D eigenvalue weighted by Gasteiger charge is -2.03. The average Bonchev–Trinajstić information content (AvgIpc) is 2.27. The normalized spacial score (nSPS) is 15.5. The topological polar surface area (TPSA) is 29.1 Å². The number of nitrogens with one attached hydrogen (secondary N) is 1. The Morgan fingerprint density at radius 2 is 2.08 bits per heavy atom. The zero-order valence-corrected chi connectivity index (χ0v) is 7.50. The molecule has 0 saturated heterocycles. The van der Waals surface area contributed by atoms with Crippen LogP contribution in [0.3, 0.4) is 0 Å². The molecule has 0 unspecified atom stereocenters. The third kappa shape index (κ3) is 1.47. The highest BCUT2D eigenvalue weighted by Crippen LogP contribution is 2.22. The van der Waals surface area contributed by atoms with Gasteiger partial charge in [0.1, 0.15) is 0 Å². The second-order valence-corrected chi connectivity index (χ2v) is 3.28. The maximum absolute atomic E-state index is 11.6. The summed E-state index contributed by atoms with van der Waals surface area (Å²) in [5.74, 6) is 0.189. The van der Waals surface area contributed by atoms with Gasteiger partial charge in [-0.05, 0) is 24.6 Å². The molecule has 0 fully saturated rings. The van der Waals surface area contributed by atoms with Gasteiger partial charge in [0, 0.05) is 23.9 Å². The van der Waals surface area contributed by atoms with Crippen molar-refractivity contribution in [1.29, 1.82) is 0 Å². The fourth-order valence-corrected chi connectivity index (χ4v) is 1.45. The minimum absolute atomic E-state index is 0.189. The van der Waals surface area contributed by atoms with Gasteiger partial charge in [-0.2, -0.15) is 0 Å². The molecule has 0 aromatic heterocycles. The number of anilines is 1. The summed E-state index contributed by atoms with van der Waals surface area (Å²) in [4.78, 5) is 11.6. The number of hydrogen-bond donors (Lipinski definition) is 1. The Kier molecular flexibility index (Phi) is 1.89. The molecule has 13 heavy (non-hydrogen) atoms. The van der Waals surface area contributed by atoms with E-state index in [0.29, 0.717) is 6.42 Å². The van der Waals surface area contributed by atoms with Crippen molar-refractivity contribution < 1.29 is 4.79 Å². The van der Waals surface area contributed by atoms with E-state index >= 15 is 0 Å². The quantitative estimate of drug-likeness (QED) is 0.653. The van der Waals surface area contributed by atoms with Crippen LogP contribution in [0.2, 0.25) is 0 Å². The molecule has 1 N–H and O–H groups in total. The maximum Gasteiger partial charge on any atom is 0.169 e. The summed E-state index contributed by atoms with van der Waals surface area (Å²) in [6.45, 7) is 1.96. The lowest BCUT2D eigenvalue weighted by atomic mass is 10.0.